The second kappa shape index (κ2) is 8.17. The van der Waals surface area contributed by atoms with Gasteiger partial charge < -0.3 is 10.4 Å². The van der Waals surface area contributed by atoms with Crippen LogP contribution in [0.5, 0.6) is 0 Å². The van der Waals surface area contributed by atoms with E-state index in [2.05, 4.69) is 51.9 Å². The molecule has 134 valence electrons. The lowest BCUT2D eigenvalue weighted by Crippen LogP contribution is -2.30. The van der Waals surface area contributed by atoms with Crippen LogP contribution in [-0.4, -0.2) is 34.9 Å². The third-order valence-electron chi connectivity index (χ3n) is 4.82. The summed E-state index contributed by atoms with van der Waals surface area (Å²) in [4.78, 5) is 8.36. The third kappa shape index (κ3) is 3.64. The molecule has 3 N–H and O–H groups in total. The number of nitrogens with zero attached hydrogens (tertiary/aromatic N) is 1. The molecular weight excluding hydrogens is 350 g/mol. The van der Waals surface area contributed by atoms with Gasteiger partial charge in [-0.2, -0.15) is 5.10 Å². The van der Waals surface area contributed by atoms with E-state index in [0.29, 0.717) is 0 Å². The Kier molecular flexibility index (Phi) is 5.71. The van der Waals surface area contributed by atoms with Crippen LogP contribution in [0.3, 0.4) is 0 Å². The molecule has 1 aromatic heterocycles. The molecule has 2 heterocycles. The molecule has 6 heteroatoms. The lowest BCUT2D eigenvalue weighted by Gasteiger charge is -2.30. The molecule has 0 bridgehead atoms. The molecule has 4 rings (SSSR count). The van der Waals surface area contributed by atoms with Gasteiger partial charge in [-0.05, 0) is 41.8 Å². The predicted molar refractivity (Wildman–Crippen MR) is 102 cm³/mol. The van der Waals surface area contributed by atoms with Crippen molar-refractivity contribution >= 4 is 18.1 Å². The Bertz CT molecular complexity index is 825. The molecule has 1 atom stereocenters. The number of aromatic amines is 1. The van der Waals surface area contributed by atoms with Gasteiger partial charge >= 0.3 is 0 Å². The highest BCUT2D eigenvalue weighted by Gasteiger charge is 2.37. The molecule has 0 aliphatic carbocycles. The maximum Gasteiger partial charge on any atom is 0.290 e. The van der Waals surface area contributed by atoms with E-state index in [4.69, 9.17) is 21.5 Å². The van der Waals surface area contributed by atoms with Crippen LogP contribution in [-0.2, 0) is 10.2 Å². The molecule has 1 fully saturated rings. The maximum atomic E-state index is 8.36. The molecular formula is C20H20ClN3O2. The molecule has 0 amide bonds. The fourth-order valence-corrected chi connectivity index (χ4v) is 3.64. The standard InChI is InChI=1S/C19H18ClN3.CH2O2/c20-18-7-5-17(6-8-18)19(9-10-21-13-19)16-3-1-14(2-4-16)15-11-22-23-12-15;2-1-3/h1-8,11-12,21H,9-10,13H2,(H,22,23);1H,(H,2,3). The first-order valence-corrected chi connectivity index (χ1v) is 8.72. The SMILES string of the molecule is Clc1ccc(C2(c3ccc(-c4cn[nH]c4)cc3)CCNC2)cc1.O=CO. The highest BCUT2D eigenvalue weighted by molar-refractivity contribution is 6.30. The molecule has 0 spiro atoms. The Morgan fingerprint density at radius 1 is 1.04 bits per heavy atom. The van der Waals surface area contributed by atoms with Gasteiger partial charge in [0, 0.05) is 28.7 Å². The second-order valence-corrected chi connectivity index (χ2v) is 6.62. The van der Waals surface area contributed by atoms with Gasteiger partial charge in [-0.25, -0.2) is 0 Å². The first-order valence-electron chi connectivity index (χ1n) is 8.34. The summed E-state index contributed by atoms with van der Waals surface area (Å²) in [5.74, 6) is 0. The fraction of sp³-hybridized carbons (Fsp3) is 0.200. The van der Waals surface area contributed by atoms with Crippen LogP contribution in [0, 0.1) is 0 Å². The van der Waals surface area contributed by atoms with Crippen LogP contribution in [0.2, 0.25) is 5.02 Å². The quantitative estimate of drug-likeness (QED) is 0.615. The minimum atomic E-state index is -0.250. The Hall–Kier alpha value is -2.63. The van der Waals surface area contributed by atoms with Gasteiger partial charge in [0.25, 0.3) is 6.47 Å². The molecule has 3 aromatic rings. The summed E-state index contributed by atoms with van der Waals surface area (Å²) in [6, 6.07) is 17.1. The normalized spacial score (nSPS) is 18.8. The Balaban J connectivity index is 0.000000613. The van der Waals surface area contributed by atoms with E-state index in [9.17, 15) is 0 Å². The van der Waals surface area contributed by atoms with Crippen LogP contribution >= 0.6 is 11.6 Å². The summed E-state index contributed by atoms with van der Waals surface area (Å²) in [6.07, 6.45) is 4.86. The van der Waals surface area contributed by atoms with Crippen molar-refractivity contribution < 1.29 is 9.90 Å². The number of nitrogens with one attached hydrogen (secondary N) is 2. The Morgan fingerprint density at radius 3 is 2.15 bits per heavy atom. The number of carbonyl (C=O) groups is 1. The molecule has 0 radical (unpaired) electrons. The van der Waals surface area contributed by atoms with E-state index >= 15 is 0 Å². The number of hydrogen-bond acceptors (Lipinski definition) is 3. The average Bonchev–Trinajstić information content (AvgIpc) is 3.36. The largest absolute Gasteiger partial charge is 0.483 e. The first-order chi connectivity index (χ1) is 12.7. The number of halogens is 1. The summed E-state index contributed by atoms with van der Waals surface area (Å²) in [7, 11) is 0. The fourth-order valence-electron chi connectivity index (χ4n) is 3.51. The molecule has 26 heavy (non-hydrogen) atoms. The monoisotopic (exact) mass is 369 g/mol. The summed E-state index contributed by atoms with van der Waals surface area (Å²) in [6.45, 7) is 1.74. The average molecular weight is 370 g/mol. The lowest BCUT2D eigenvalue weighted by molar-refractivity contribution is -0.122. The van der Waals surface area contributed by atoms with Crippen molar-refractivity contribution in [1.29, 1.82) is 0 Å². The number of benzene rings is 2. The number of carboxylic acid groups (broad SMARTS) is 1. The molecule has 5 nitrogen and oxygen atoms in total. The maximum absolute atomic E-state index is 8.36. The highest BCUT2D eigenvalue weighted by atomic mass is 35.5. The van der Waals surface area contributed by atoms with Crippen molar-refractivity contribution in [2.45, 2.75) is 11.8 Å². The smallest absolute Gasteiger partial charge is 0.290 e. The second-order valence-electron chi connectivity index (χ2n) is 6.19. The predicted octanol–water partition coefficient (Wildman–Crippen LogP) is 3.71. The van der Waals surface area contributed by atoms with Gasteiger partial charge in [0.1, 0.15) is 0 Å². The Morgan fingerprint density at radius 2 is 1.65 bits per heavy atom. The molecule has 1 aliphatic heterocycles. The van der Waals surface area contributed by atoms with Gasteiger partial charge in [0.2, 0.25) is 0 Å². The van der Waals surface area contributed by atoms with Crippen LogP contribution < -0.4 is 5.32 Å². The van der Waals surface area contributed by atoms with Crippen LogP contribution in [0.4, 0.5) is 0 Å². The minimum absolute atomic E-state index is 0.0273. The number of rotatable bonds is 3. The summed E-state index contributed by atoms with van der Waals surface area (Å²) < 4.78 is 0. The zero-order valence-corrected chi connectivity index (χ0v) is 14.9. The minimum Gasteiger partial charge on any atom is -0.483 e. The van der Waals surface area contributed by atoms with Crippen LogP contribution in [0.1, 0.15) is 17.5 Å². The van der Waals surface area contributed by atoms with Crippen molar-refractivity contribution in [3.63, 3.8) is 0 Å². The van der Waals surface area contributed by atoms with E-state index in [1.165, 1.54) is 16.7 Å². The van der Waals surface area contributed by atoms with Crippen molar-refractivity contribution in [3.05, 3.63) is 77.1 Å². The van der Waals surface area contributed by atoms with E-state index in [1.54, 1.807) is 0 Å². The van der Waals surface area contributed by atoms with Crippen molar-refractivity contribution in [1.82, 2.24) is 15.5 Å². The van der Waals surface area contributed by atoms with Crippen LogP contribution in [0.25, 0.3) is 11.1 Å². The number of aromatic nitrogens is 2. The van der Waals surface area contributed by atoms with Gasteiger partial charge in [-0.15, -0.1) is 0 Å². The van der Waals surface area contributed by atoms with E-state index in [1.807, 2.05) is 24.5 Å². The van der Waals surface area contributed by atoms with E-state index in [-0.39, 0.29) is 11.9 Å². The number of H-pyrrole nitrogens is 1. The van der Waals surface area contributed by atoms with Crippen molar-refractivity contribution in [2.24, 2.45) is 0 Å². The molecule has 0 saturated carbocycles. The zero-order valence-electron chi connectivity index (χ0n) is 14.2. The third-order valence-corrected chi connectivity index (χ3v) is 5.07. The summed E-state index contributed by atoms with van der Waals surface area (Å²) in [5.41, 5.74) is 4.99. The Labute approximate surface area is 157 Å². The molecule has 1 unspecified atom stereocenters. The molecule has 1 aliphatic rings. The van der Waals surface area contributed by atoms with Crippen LogP contribution in [0.15, 0.2) is 60.9 Å². The zero-order chi connectivity index (χ0) is 18.4. The van der Waals surface area contributed by atoms with Gasteiger partial charge in [-0.1, -0.05) is 48.0 Å². The lowest BCUT2D eigenvalue weighted by atomic mass is 9.73. The summed E-state index contributed by atoms with van der Waals surface area (Å²) >= 11 is 6.06. The van der Waals surface area contributed by atoms with Gasteiger partial charge in [0.15, 0.2) is 0 Å². The number of hydrogen-bond donors (Lipinski definition) is 3. The molecule has 1 saturated heterocycles. The van der Waals surface area contributed by atoms with E-state index in [0.717, 1.165) is 30.1 Å². The topological polar surface area (TPSA) is 78.0 Å². The van der Waals surface area contributed by atoms with Gasteiger partial charge in [-0.3, -0.25) is 9.89 Å². The van der Waals surface area contributed by atoms with E-state index < -0.39 is 0 Å². The first kappa shape index (κ1) is 18.2. The summed E-state index contributed by atoms with van der Waals surface area (Å²) in [5, 5.41) is 18.1. The van der Waals surface area contributed by atoms with Gasteiger partial charge in [0.05, 0.1) is 6.20 Å². The molecule has 2 aromatic carbocycles. The van der Waals surface area contributed by atoms with Crippen molar-refractivity contribution in [2.75, 3.05) is 13.1 Å². The highest BCUT2D eigenvalue weighted by Crippen LogP contribution is 2.38. The van der Waals surface area contributed by atoms with Crippen molar-refractivity contribution in [3.8, 4) is 11.1 Å².